The van der Waals surface area contributed by atoms with E-state index in [0.29, 0.717) is 21.7 Å². The van der Waals surface area contributed by atoms with Crippen molar-refractivity contribution in [3.8, 4) is 10.6 Å². The molecule has 1 aliphatic heterocycles. The molecule has 0 atom stereocenters. The van der Waals surface area contributed by atoms with Crippen LogP contribution in [0.2, 0.25) is 0 Å². The maximum absolute atomic E-state index is 14.0. The van der Waals surface area contributed by atoms with Crippen molar-refractivity contribution in [1.29, 1.82) is 0 Å². The monoisotopic (exact) mass is 413 g/mol. The highest BCUT2D eigenvalue weighted by Crippen LogP contribution is 2.33. The number of benzene rings is 1. The molecule has 1 aliphatic rings. The molecule has 1 saturated heterocycles. The van der Waals surface area contributed by atoms with Gasteiger partial charge in [-0.05, 0) is 38.0 Å². The summed E-state index contributed by atoms with van der Waals surface area (Å²) in [5.41, 5.74) is 0.448. The van der Waals surface area contributed by atoms with Crippen LogP contribution in [0.5, 0.6) is 0 Å². The van der Waals surface area contributed by atoms with E-state index in [1.54, 1.807) is 12.1 Å². The summed E-state index contributed by atoms with van der Waals surface area (Å²) in [5.74, 6) is -0.488. The van der Waals surface area contributed by atoms with Gasteiger partial charge in [0.15, 0.2) is 5.01 Å². The van der Waals surface area contributed by atoms with E-state index in [-0.39, 0.29) is 17.7 Å². The van der Waals surface area contributed by atoms with E-state index < -0.39 is 0 Å². The topological polar surface area (TPSA) is 55.3 Å². The molecule has 0 N–H and O–H groups in total. The van der Waals surface area contributed by atoms with Gasteiger partial charge in [-0.3, -0.25) is 4.79 Å². The summed E-state index contributed by atoms with van der Waals surface area (Å²) >= 11 is 4.61. The summed E-state index contributed by atoms with van der Waals surface area (Å²) in [7, 11) is 0. The van der Waals surface area contributed by atoms with Gasteiger partial charge in [0.05, 0.1) is 12.5 Å². The van der Waals surface area contributed by atoms with Crippen LogP contribution in [-0.4, -0.2) is 35.9 Å². The summed E-state index contributed by atoms with van der Waals surface area (Å²) in [4.78, 5) is 13.9. The standard InChI is InChI=1S/C16H17BrFN3O2S/c1-2-23-15(22)10-5-7-21(8-6-10)16-20-19-14(24-16)12-4-3-11(17)9-13(12)18/h3-4,9-10H,2,5-8H2,1H3. The lowest BCUT2D eigenvalue weighted by atomic mass is 9.97. The van der Waals surface area contributed by atoms with Crippen LogP contribution in [0.4, 0.5) is 9.52 Å². The van der Waals surface area contributed by atoms with Crippen LogP contribution >= 0.6 is 27.3 Å². The molecule has 0 unspecified atom stereocenters. The van der Waals surface area contributed by atoms with Crippen LogP contribution in [0.15, 0.2) is 22.7 Å². The first-order chi connectivity index (χ1) is 11.6. The molecule has 1 fully saturated rings. The molecule has 2 heterocycles. The molecule has 128 valence electrons. The third-order valence-corrected chi connectivity index (χ3v) is 5.47. The number of piperidine rings is 1. The van der Waals surface area contributed by atoms with Gasteiger partial charge in [0.1, 0.15) is 5.82 Å². The summed E-state index contributed by atoms with van der Waals surface area (Å²) in [6.07, 6.45) is 1.47. The predicted molar refractivity (Wildman–Crippen MR) is 94.6 cm³/mol. The Balaban J connectivity index is 1.67. The van der Waals surface area contributed by atoms with E-state index in [0.717, 1.165) is 31.1 Å². The summed E-state index contributed by atoms with van der Waals surface area (Å²) < 4.78 is 19.8. The Morgan fingerprint density at radius 3 is 2.83 bits per heavy atom. The number of rotatable bonds is 4. The predicted octanol–water partition coefficient (Wildman–Crippen LogP) is 3.89. The first-order valence-electron chi connectivity index (χ1n) is 7.79. The molecule has 1 aromatic carbocycles. The molecule has 24 heavy (non-hydrogen) atoms. The lowest BCUT2D eigenvalue weighted by Crippen LogP contribution is -2.36. The average Bonchev–Trinajstić information content (AvgIpc) is 3.05. The van der Waals surface area contributed by atoms with Crippen molar-refractivity contribution in [1.82, 2.24) is 10.2 Å². The van der Waals surface area contributed by atoms with E-state index in [4.69, 9.17) is 4.74 Å². The van der Waals surface area contributed by atoms with E-state index in [9.17, 15) is 9.18 Å². The Bertz CT molecular complexity index is 732. The Kier molecular flexibility index (Phi) is 5.45. The van der Waals surface area contributed by atoms with E-state index in [1.807, 2.05) is 6.92 Å². The number of ether oxygens (including phenoxy) is 1. The highest BCUT2D eigenvalue weighted by atomic mass is 79.9. The van der Waals surface area contributed by atoms with Crippen molar-refractivity contribution in [2.45, 2.75) is 19.8 Å². The van der Waals surface area contributed by atoms with Crippen molar-refractivity contribution in [2.75, 3.05) is 24.6 Å². The summed E-state index contributed by atoms with van der Waals surface area (Å²) in [6.45, 7) is 3.68. The molecule has 3 rings (SSSR count). The first kappa shape index (κ1) is 17.3. The number of carbonyl (C=O) groups is 1. The fraction of sp³-hybridized carbons (Fsp3) is 0.438. The lowest BCUT2D eigenvalue weighted by molar-refractivity contribution is -0.148. The van der Waals surface area contributed by atoms with E-state index >= 15 is 0 Å². The third-order valence-electron chi connectivity index (χ3n) is 3.96. The highest BCUT2D eigenvalue weighted by molar-refractivity contribution is 9.10. The SMILES string of the molecule is CCOC(=O)C1CCN(c2nnc(-c3ccc(Br)cc3F)s2)CC1. The fourth-order valence-corrected chi connectivity index (χ4v) is 3.94. The number of carbonyl (C=O) groups excluding carboxylic acids is 1. The lowest BCUT2D eigenvalue weighted by Gasteiger charge is -2.30. The maximum atomic E-state index is 14.0. The van der Waals surface area contributed by atoms with Crippen LogP contribution in [-0.2, 0) is 9.53 Å². The van der Waals surface area contributed by atoms with Gasteiger partial charge >= 0.3 is 5.97 Å². The van der Waals surface area contributed by atoms with Crippen LogP contribution in [0.3, 0.4) is 0 Å². The van der Waals surface area contributed by atoms with Crippen molar-refractivity contribution in [3.63, 3.8) is 0 Å². The van der Waals surface area contributed by atoms with Crippen LogP contribution in [0.1, 0.15) is 19.8 Å². The molecule has 0 spiro atoms. The summed E-state index contributed by atoms with van der Waals surface area (Å²) in [5, 5.41) is 9.62. The molecule has 0 amide bonds. The Hall–Kier alpha value is -1.54. The maximum Gasteiger partial charge on any atom is 0.309 e. The van der Waals surface area contributed by atoms with Gasteiger partial charge in [-0.25, -0.2) is 4.39 Å². The molecule has 8 heteroatoms. The number of halogens is 2. The third kappa shape index (κ3) is 3.75. The Morgan fingerprint density at radius 1 is 1.42 bits per heavy atom. The van der Waals surface area contributed by atoms with Crippen molar-refractivity contribution in [2.24, 2.45) is 5.92 Å². The number of aromatic nitrogens is 2. The Labute approximate surface area is 152 Å². The number of esters is 1. The van der Waals surface area contributed by atoms with Crippen LogP contribution < -0.4 is 4.90 Å². The first-order valence-corrected chi connectivity index (χ1v) is 9.40. The van der Waals surface area contributed by atoms with Gasteiger partial charge in [-0.1, -0.05) is 27.3 Å². The van der Waals surface area contributed by atoms with Crippen molar-refractivity contribution >= 4 is 38.4 Å². The average molecular weight is 414 g/mol. The largest absolute Gasteiger partial charge is 0.466 e. The second-order valence-electron chi connectivity index (χ2n) is 5.53. The second kappa shape index (κ2) is 7.57. The molecule has 0 radical (unpaired) electrons. The Morgan fingerprint density at radius 2 is 2.17 bits per heavy atom. The quantitative estimate of drug-likeness (QED) is 0.711. The second-order valence-corrected chi connectivity index (χ2v) is 7.40. The minimum Gasteiger partial charge on any atom is -0.466 e. The molecule has 0 bridgehead atoms. The number of hydrogen-bond donors (Lipinski definition) is 0. The van der Waals surface area contributed by atoms with Gasteiger partial charge < -0.3 is 9.64 Å². The number of nitrogens with zero attached hydrogens (tertiary/aromatic N) is 3. The molecule has 0 aliphatic carbocycles. The van der Waals surface area contributed by atoms with Crippen LogP contribution in [0.25, 0.3) is 10.6 Å². The number of anilines is 1. The van der Waals surface area contributed by atoms with Gasteiger partial charge in [0.25, 0.3) is 0 Å². The molecule has 1 aromatic heterocycles. The molecule has 0 saturated carbocycles. The summed E-state index contributed by atoms with van der Waals surface area (Å²) in [6, 6.07) is 4.89. The zero-order valence-corrected chi connectivity index (χ0v) is 15.6. The molecule has 2 aromatic rings. The zero-order valence-electron chi connectivity index (χ0n) is 13.2. The minimum atomic E-state index is -0.326. The molecule has 5 nitrogen and oxygen atoms in total. The smallest absolute Gasteiger partial charge is 0.309 e. The fourth-order valence-electron chi connectivity index (χ4n) is 2.68. The van der Waals surface area contributed by atoms with Gasteiger partial charge in [-0.2, -0.15) is 0 Å². The van der Waals surface area contributed by atoms with Gasteiger partial charge in [0.2, 0.25) is 5.13 Å². The van der Waals surface area contributed by atoms with E-state index in [1.165, 1.54) is 17.4 Å². The van der Waals surface area contributed by atoms with Gasteiger partial charge in [0, 0.05) is 23.1 Å². The van der Waals surface area contributed by atoms with E-state index in [2.05, 4.69) is 31.0 Å². The van der Waals surface area contributed by atoms with Crippen molar-refractivity contribution in [3.05, 3.63) is 28.5 Å². The molecular weight excluding hydrogens is 397 g/mol. The van der Waals surface area contributed by atoms with Crippen molar-refractivity contribution < 1.29 is 13.9 Å². The normalized spacial score (nSPS) is 15.5. The van der Waals surface area contributed by atoms with Crippen LogP contribution in [0, 0.1) is 11.7 Å². The molecular formula is C16H17BrFN3O2S. The minimum absolute atomic E-state index is 0.0440. The number of hydrogen-bond acceptors (Lipinski definition) is 6. The zero-order chi connectivity index (χ0) is 17.1. The highest BCUT2D eigenvalue weighted by Gasteiger charge is 2.27. The van der Waals surface area contributed by atoms with Gasteiger partial charge in [-0.15, -0.1) is 10.2 Å².